The summed E-state index contributed by atoms with van der Waals surface area (Å²) in [6, 6.07) is 0. The molecule has 0 fully saturated rings. The van der Waals surface area contributed by atoms with E-state index in [1.807, 2.05) is 25.1 Å². The fourth-order valence-corrected chi connectivity index (χ4v) is 1.62. The first-order valence-corrected chi connectivity index (χ1v) is 4.75. The standard InChI is InChI=1S/C7H11N3S2/c1-5-4-9-7(12-5)10(3)6(11)8-2/h4H,1-3H3,(H,8,11). The largest absolute Gasteiger partial charge is 0.365 e. The first kappa shape index (κ1) is 9.41. The molecule has 0 amide bonds. The number of aromatic nitrogens is 1. The van der Waals surface area contributed by atoms with Gasteiger partial charge >= 0.3 is 0 Å². The van der Waals surface area contributed by atoms with E-state index in [9.17, 15) is 0 Å². The lowest BCUT2D eigenvalue weighted by molar-refractivity contribution is 1.11. The van der Waals surface area contributed by atoms with Crippen molar-refractivity contribution in [3.63, 3.8) is 0 Å². The molecule has 1 rings (SSSR count). The van der Waals surface area contributed by atoms with Gasteiger partial charge in [-0.1, -0.05) is 0 Å². The molecular weight excluding hydrogens is 190 g/mol. The van der Waals surface area contributed by atoms with Gasteiger partial charge in [-0.2, -0.15) is 0 Å². The Balaban J connectivity index is 2.77. The molecule has 0 saturated carbocycles. The highest BCUT2D eigenvalue weighted by molar-refractivity contribution is 7.80. The van der Waals surface area contributed by atoms with E-state index in [-0.39, 0.29) is 0 Å². The minimum atomic E-state index is 0.685. The molecule has 1 N–H and O–H groups in total. The van der Waals surface area contributed by atoms with Gasteiger partial charge < -0.3 is 5.32 Å². The molecule has 0 aliphatic rings. The predicted octanol–water partition coefficient (Wildman–Crippen LogP) is 1.39. The summed E-state index contributed by atoms with van der Waals surface area (Å²) < 4.78 is 0. The number of nitrogens with one attached hydrogen (secondary N) is 1. The number of anilines is 1. The van der Waals surface area contributed by atoms with Crippen LogP contribution in [0.4, 0.5) is 5.13 Å². The lowest BCUT2D eigenvalue weighted by Crippen LogP contribution is -2.34. The van der Waals surface area contributed by atoms with Crippen LogP contribution in [0.3, 0.4) is 0 Å². The van der Waals surface area contributed by atoms with Gasteiger partial charge in [-0.15, -0.1) is 11.3 Å². The molecule has 12 heavy (non-hydrogen) atoms. The molecule has 0 aliphatic heterocycles. The van der Waals surface area contributed by atoms with Crippen molar-refractivity contribution < 1.29 is 0 Å². The second-order valence-corrected chi connectivity index (χ2v) is 3.97. The van der Waals surface area contributed by atoms with E-state index in [0.717, 1.165) is 5.13 Å². The zero-order chi connectivity index (χ0) is 9.14. The van der Waals surface area contributed by atoms with Crippen molar-refractivity contribution in [3.05, 3.63) is 11.1 Å². The number of thiocarbonyl (C=S) groups is 1. The maximum absolute atomic E-state index is 5.05. The van der Waals surface area contributed by atoms with Gasteiger partial charge in [0.2, 0.25) is 0 Å². The lowest BCUT2D eigenvalue weighted by atomic mass is 10.6. The van der Waals surface area contributed by atoms with Crippen LogP contribution in [0.25, 0.3) is 0 Å². The van der Waals surface area contributed by atoms with Gasteiger partial charge in [0.25, 0.3) is 0 Å². The van der Waals surface area contributed by atoms with E-state index in [2.05, 4.69) is 10.3 Å². The lowest BCUT2D eigenvalue weighted by Gasteiger charge is -2.15. The number of nitrogens with zero attached hydrogens (tertiary/aromatic N) is 2. The molecule has 1 heterocycles. The number of rotatable bonds is 1. The summed E-state index contributed by atoms with van der Waals surface area (Å²) in [6.07, 6.45) is 1.84. The highest BCUT2D eigenvalue weighted by Crippen LogP contribution is 2.19. The van der Waals surface area contributed by atoms with E-state index in [0.29, 0.717) is 5.11 Å². The van der Waals surface area contributed by atoms with Crippen LogP contribution in [-0.2, 0) is 0 Å². The molecule has 3 nitrogen and oxygen atoms in total. The Morgan fingerprint density at radius 1 is 1.75 bits per heavy atom. The van der Waals surface area contributed by atoms with E-state index < -0.39 is 0 Å². The maximum atomic E-state index is 5.05. The Labute approximate surface area is 81.4 Å². The number of thiazole rings is 1. The summed E-state index contributed by atoms with van der Waals surface area (Å²) in [4.78, 5) is 7.25. The Morgan fingerprint density at radius 3 is 2.83 bits per heavy atom. The van der Waals surface area contributed by atoms with Crippen LogP contribution in [0, 0.1) is 6.92 Å². The molecule has 5 heteroatoms. The van der Waals surface area contributed by atoms with Crippen molar-refractivity contribution in [1.82, 2.24) is 10.3 Å². The van der Waals surface area contributed by atoms with E-state index in [1.165, 1.54) is 4.88 Å². The fraction of sp³-hybridized carbons (Fsp3) is 0.429. The van der Waals surface area contributed by atoms with Crippen molar-refractivity contribution in [2.45, 2.75) is 6.92 Å². The molecule has 0 unspecified atom stereocenters. The molecule has 1 aromatic rings. The molecule has 0 aliphatic carbocycles. The van der Waals surface area contributed by atoms with Crippen molar-refractivity contribution in [1.29, 1.82) is 0 Å². The summed E-state index contributed by atoms with van der Waals surface area (Å²) in [6.45, 7) is 2.03. The quantitative estimate of drug-likeness (QED) is 0.695. The van der Waals surface area contributed by atoms with Crippen LogP contribution in [0.1, 0.15) is 4.88 Å². The normalized spacial score (nSPS) is 9.58. The third-order valence-electron chi connectivity index (χ3n) is 1.41. The number of hydrogen-bond donors (Lipinski definition) is 1. The van der Waals surface area contributed by atoms with Gasteiger partial charge in [-0.25, -0.2) is 4.98 Å². The summed E-state index contributed by atoms with van der Waals surface area (Å²) in [5, 5.41) is 4.50. The predicted molar refractivity (Wildman–Crippen MR) is 56.9 cm³/mol. The van der Waals surface area contributed by atoms with Crippen LogP contribution >= 0.6 is 23.6 Å². The Bertz CT molecular complexity index is 282. The molecule has 0 saturated heterocycles. The summed E-state index contributed by atoms with van der Waals surface area (Å²) in [5.74, 6) is 0. The second kappa shape index (κ2) is 3.82. The van der Waals surface area contributed by atoms with E-state index in [4.69, 9.17) is 12.2 Å². The van der Waals surface area contributed by atoms with Crippen LogP contribution < -0.4 is 10.2 Å². The van der Waals surface area contributed by atoms with Crippen LogP contribution in [0.5, 0.6) is 0 Å². The van der Waals surface area contributed by atoms with Gasteiger partial charge in [0.05, 0.1) is 0 Å². The zero-order valence-electron chi connectivity index (χ0n) is 7.29. The van der Waals surface area contributed by atoms with Gasteiger partial charge in [0, 0.05) is 25.2 Å². The fourth-order valence-electron chi connectivity index (χ4n) is 0.752. The molecule has 0 atom stereocenters. The van der Waals surface area contributed by atoms with Crippen molar-refractivity contribution in [3.8, 4) is 0 Å². The smallest absolute Gasteiger partial charge is 0.191 e. The van der Waals surface area contributed by atoms with Gasteiger partial charge in [-0.3, -0.25) is 4.90 Å². The zero-order valence-corrected chi connectivity index (χ0v) is 8.92. The highest BCUT2D eigenvalue weighted by atomic mass is 32.1. The van der Waals surface area contributed by atoms with Crippen LogP contribution in [0.15, 0.2) is 6.20 Å². The second-order valence-electron chi connectivity index (χ2n) is 2.37. The molecule has 0 aromatic carbocycles. The Hall–Kier alpha value is -0.680. The third-order valence-corrected chi connectivity index (χ3v) is 2.88. The molecule has 0 radical (unpaired) electrons. The summed E-state index contributed by atoms with van der Waals surface area (Å²) in [7, 11) is 3.70. The Kier molecular flexibility index (Phi) is 2.99. The van der Waals surface area contributed by atoms with Gasteiger partial charge in [0.15, 0.2) is 10.2 Å². The van der Waals surface area contributed by atoms with Crippen LogP contribution in [-0.4, -0.2) is 24.2 Å². The average Bonchev–Trinajstić information content (AvgIpc) is 2.49. The topological polar surface area (TPSA) is 28.2 Å². The van der Waals surface area contributed by atoms with Crippen LogP contribution in [0.2, 0.25) is 0 Å². The summed E-state index contributed by atoms with van der Waals surface area (Å²) >= 11 is 6.68. The number of aryl methyl sites for hydroxylation is 1. The Morgan fingerprint density at radius 2 is 2.42 bits per heavy atom. The molecule has 1 aromatic heterocycles. The highest BCUT2D eigenvalue weighted by Gasteiger charge is 2.07. The molecular formula is C7H11N3S2. The van der Waals surface area contributed by atoms with Crippen molar-refractivity contribution in [2.24, 2.45) is 0 Å². The number of hydrogen-bond acceptors (Lipinski definition) is 3. The monoisotopic (exact) mass is 201 g/mol. The molecule has 66 valence electrons. The minimum Gasteiger partial charge on any atom is -0.365 e. The first-order valence-electron chi connectivity index (χ1n) is 3.53. The molecule has 0 bridgehead atoms. The third kappa shape index (κ3) is 1.92. The van der Waals surface area contributed by atoms with E-state index in [1.54, 1.807) is 18.4 Å². The average molecular weight is 201 g/mol. The summed E-state index contributed by atoms with van der Waals surface area (Å²) in [5.41, 5.74) is 0. The minimum absolute atomic E-state index is 0.685. The van der Waals surface area contributed by atoms with Gasteiger partial charge in [-0.05, 0) is 19.1 Å². The van der Waals surface area contributed by atoms with Crippen molar-refractivity contribution in [2.75, 3.05) is 19.0 Å². The van der Waals surface area contributed by atoms with Gasteiger partial charge in [0.1, 0.15) is 0 Å². The van der Waals surface area contributed by atoms with Crippen molar-refractivity contribution >= 4 is 33.8 Å². The maximum Gasteiger partial charge on any atom is 0.191 e. The SMILES string of the molecule is CNC(=S)N(C)c1ncc(C)s1. The first-order chi connectivity index (χ1) is 5.65. The molecule has 0 spiro atoms. The van der Waals surface area contributed by atoms with E-state index >= 15 is 0 Å².